The molecule has 6 heteroatoms. The Balaban J connectivity index is 2.25. The molecular formula is C13H20O6. The number of hydrogen-bond acceptors (Lipinski definition) is 6. The van der Waals surface area contributed by atoms with Gasteiger partial charge in [-0.3, -0.25) is 4.79 Å². The SMILES string of the molecule is CCOC1=CC(=O)C12O[C@@H](OC)C[C@@H]2OC(C)(C)O. The summed E-state index contributed by atoms with van der Waals surface area (Å²) in [5.41, 5.74) is -1.27. The van der Waals surface area contributed by atoms with Crippen LogP contribution in [0.4, 0.5) is 0 Å². The molecule has 0 aromatic heterocycles. The lowest BCUT2D eigenvalue weighted by Crippen LogP contribution is -2.57. The average molecular weight is 272 g/mol. The van der Waals surface area contributed by atoms with E-state index in [1.807, 2.05) is 6.92 Å². The summed E-state index contributed by atoms with van der Waals surface area (Å²) in [5.74, 6) is -1.14. The van der Waals surface area contributed by atoms with Gasteiger partial charge in [0.05, 0.1) is 6.61 Å². The van der Waals surface area contributed by atoms with Crippen LogP contribution >= 0.6 is 0 Å². The molecule has 0 aromatic rings. The van der Waals surface area contributed by atoms with Crippen LogP contribution in [0.15, 0.2) is 11.8 Å². The molecule has 0 aromatic carbocycles. The smallest absolute Gasteiger partial charge is 0.216 e. The third kappa shape index (κ3) is 2.41. The van der Waals surface area contributed by atoms with Crippen LogP contribution in [0.1, 0.15) is 27.2 Å². The van der Waals surface area contributed by atoms with Gasteiger partial charge in [-0.15, -0.1) is 0 Å². The fraction of sp³-hybridized carbons (Fsp3) is 0.769. The van der Waals surface area contributed by atoms with Crippen molar-refractivity contribution in [3.63, 3.8) is 0 Å². The quantitative estimate of drug-likeness (QED) is 0.744. The van der Waals surface area contributed by atoms with Gasteiger partial charge in [-0.2, -0.15) is 0 Å². The maximum absolute atomic E-state index is 12.0. The highest BCUT2D eigenvalue weighted by Gasteiger charge is 2.64. The lowest BCUT2D eigenvalue weighted by Gasteiger charge is -2.40. The lowest BCUT2D eigenvalue weighted by molar-refractivity contribution is -0.235. The summed E-state index contributed by atoms with van der Waals surface area (Å²) in [6.45, 7) is 5.27. The Morgan fingerprint density at radius 1 is 1.58 bits per heavy atom. The van der Waals surface area contributed by atoms with Crippen molar-refractivity contribution in [3.05, 3.63) is 11.8 Å². The topological polar surface area (TPSA) is 74.2 Å². The van der Waals surface area contributed by atoms with Crippen LogP contribution in [0.3, 0.4) is 0 Å². The second-order valence-electron chi connectivity index (χ2n) is 5.11. The average Bonchev–Trinajstić information content (AvgIpc) is 2.68. The second kappa shape index (κ2) is 4.86. The van der Waals surface area contributed by atoms with E-state index in [0.717, 1.165) is 0 Å². The molecule has 1 fully saturated rings. The van der Waals surface area contributed by atoms with Crippen LogP contribution < -0.4 is 0 Å². The Bertz CT molecular complexity index is 396. The van der Waals surface area contributed by atoms with Crippen molar-refractivity contribution >= 4 is 5.78 Å². The molecule has 108 valence electrons. The minimum Gasteiger partial charge on any atom is -0.494 e. The monoisotopic (exact) mass is 272 g/mol. The Hall–Kier alpha value is -0.950. The van der Waals surface area contributed by atoms with E-state index in [-0.39, 0.29) is 5.78 Å². The first-order valence-corrected chi connectivity index (χ1v) is 6.33. The molecule has 1 heterocycles. The van der Waals surface area contributed by atoms with Crippen molar-refractivity contribution in [2.75, 3.05) is 13.7 Å². The van der Waals surface area contributed by atoms with Crippen molar-refractivity contribution in [3.8, 4) is 0 Å². The third-order valence-electron chi connectivity index (χ3n) is 3.16. The Morgan fingerprint density at radius 3 is 2.74 bits per heavy atom. The molecule has 3 atom stereocenters. The van der Waals surface area contributed by atoms with E-state index >= 15 is 0 Å². The van der Waals surface area contributed by atoms with Crippen LogP contribution in [-0.4, -0.2) is 48.4 Å². The van der Waals surface area contributed by atoms with Gasteiger partial charge in [0, 0.05) is 19.6 Å². The molecular weight excluding hydrogens is 252 g/mol. The zero-order valence-electron chi connectivity index (χ0n) is 11.6. The molecule has 0 radical (unpaired) electrons. The zero-order chi connectivity index (χ0) is 14.3. The first-order chi connectivity index (χ1) is 8.83. The van der Waals surface area contributed by atoms with E-state index in [1.165, 1.54) is 27.0 Å². The van der Waals surface area contributed by atoms with Crippen molar-refractivity contribution < 1.29 is 28.8 Å². The van der Waals surface area contributed by atoms with Gasteiger partial charge < -0.3 is 24.1 Å². The normalized spacial score (nSPS) is 34.4. The molecule has 1 unspecified atom stereocenters. The molecule has 1 saturated heterocycles. The van der Waals surface area contributed by atoms with E-state index in [0.29, 0.717) is 18.8 Å². The summed E-state index contributed by atoms with van der Waals surface area (Å²) in [6, 6.07) is 0. The molecule has 6 nitrogen and oxygen atoms in total. The minimum absolute atomic E-state index is 0.218. The largest absolute Gasteiger partial charge is 0.494 e. The summed E-state index contributed by atoms with van der Waals surface area (Å²) in [7, 11) is 1.50. The molecule has 1 N–H and O–H groups in total. The highest BCUT2D eigenvalue weighted by atomic mass is 16.7. The first kappa shape index (κ1) is 14.5. The number of methoxy groups -OCH3 is 1. The summed E-state index contributed by atoms with van der Waals surface area (Å²) in [4.78, 5) is 12.0. The zero-order valence-corrected chi connectivity index (χ0v) is 11.6. The van der Waals surface area contributed by atoms with Crippen LogP contribution in [0.25, 0.3) is 0 Å². The van der Waals surface area contributed by atoms with Gasteiger partial charge in [0.2, 0.25) is 11.4 Å². The lowest BCUT2D eigenvalue weighted by atomic mass is 9.80. The van der Waals surface area contributed by atoms with Crippen molar-refractivity contribution in [2.45, 2.75) is 51.0 Å². The highest BCUT2D eigenvalue weighted by Crippen LogP contribution is 2.46. The molecule has 0 amide bonds. The molecule has 1 spiro atoms. The molecule has 0 bridgehead atoms. The molecule has 1 aliphatic heterocycles. The molecule has 19 heavy (non-hydrogen) atoms. The summed E-state index contributed by atoms with van der Waals surface area (Å²) in [5, 5.41) is 9.80. The van der Waals surface area contributed by atoms with Gasteiger partial charge in [-0.05, 0) is 20.8 Å². The Kier molecular flexibility index (Phi) is 3.70. The predicted octanol–water partition coefficient (Wildman–Crippen LogP) is 0.735. The molecule has 1 aliphatic carbocycles. The number of rotatable bonds is 5. The van der Waals surface area contributed by atoms with Crippen molar-refractivity contribution in [1.82, 2.24) is 0 Å². The van der Waals surface area contributed by atoms with E-state index in [2.05, 4.69) is 0 Å². The predicted molar refractivity (Wildman–Crippen MR) is 65.1 cm³/mol. The number of carbonyl (C=O) groups is 1. The Morgan fingerprint density at radius 2 is 2.26 bits per heavy atom. The third-order valence-corrected chi connectivity index (χ3v) is 3.16. The van der Waals surface area contributed by atoms with Gasteiger partial charge in [0.25, 0.3) is 0 Å². The van der Waals surface area contributed by atoms with Gasteiger partial charge in [-0.25, -0.2) is 0 Å². The van der Waals surface area contributed by atoms with E-state index in [1.54, 1.807) is 0 Å². The highest BCUT2D eigenvalue weighted by molar-refractivity contribution is 6.07. The van der Waals surface area contributed by atoms with E-state index < -0.39 is 23.8 Å². The van der Waals surface area contributed by atoms with Gasteiger partial charge in [-0.1, -0.05) is 0 Å². The molecule has 0 saturated carbocycles. The van der Waals surface area contributed by atoms with Gasteiger partial charge in [0.1, 0.15) is 11.9 Å². The number of ketones is 1. The van der Waals surface area contributed by atoms with Crippen LogP contribution in [-0.2, 0) is 23.7 Å². The summed E-state index contributed by atoms with van der Waals surface area (Å²) < 4.78 is 21.8. The first-order valence-electron chi connectivity index (χ1n) is 6.33. The van der Waals surface area contributed by atoms with E-state index in [4.69, 9.17) is 18.9 Å². The second-order valence-corrected chi connectivity index (χ2v) is 5.11. The maximum atomic E-state index is 12.0. The van der Waals surface area contributed by atoms with E-state index in [9.17, 15) is 9.90 Å². The molecule has 2 aliphatic rings. The molecule has 2 rings (SSSR count). The van der Waals surface area contributed by atoms with Gasteiger partial charge in [0.15, 0.2) is 12.1 Å². The summed E-state index contributed by atoms with van der Waals surface area (Å²) in [6.07, 6.45) is 0.566. The number of hydrogen-bond donors (Lipinski definition) is 1. The minimum atomic E-state index is -1.36. The number of ether oxygens (including phenoxy) is 4. The fourth-order valence-electron chi connectivity index (χ4n) is 2.41. The van der Waals surface area contributed by atoms with Gasteiger partial charge >= 0.3 is 0 Å². The Labute approximate surface area is 112 Å². The summed E-state index contributed by atoms with van der Waals surface area (Å²) >= 11 is 0. The van der Waals surface area contributed by atoms with Crippen molar-refractivity contribution in [2.24, 2.45) is 0 Å². The van der Waals surface area contributed by atoms with Crippen LogP contribution in [0.5, 0.6) is 0 Å². The van der Waals surface area contributed by atoms with Crippen molar-refractivity contribution in [1.29, 1.82) is 0 Å². The maximum Gasteiger partial charge on any atom is 0.216 e. The van der Waals surface area contributed by atoms with Crippen LogP contribution in [0, 0.1) is 0 Å². The van der Waals surface area contributed by atoms with Crippen LogP contribution in [0.2, 0.25) is 0 Å². The fourth-order valence-corrected chi connectivity index (χ4v) is 2.41. The standard InChI is InChI=1S/C13H20O6/c1-5-17-9-6-8(14)13(9)10(18-12(2,3)15)7-11(16-4)19-13/h6,10-11,15H,5,7H2,1-4H3/t10-,11+,13?/m0/s1. The number of aliphatic hydroxyl groups is 1. The number of carbonyl (C=O) groups excluding carboxylic acids is 1.